The summed E-state index contributed by atoms with van der Waals surface area (Å²) in [5, 5.41) is 5.37. The minimum atomic E-state index is 0.775. The van der Waals surface area contributed by atoms with E-state index in [1.165, 1.54) is 0 Å². The molecule has 5 heteroatoms. The van der Waals surface area contributed by atoms with Crippen LogP contribution in [0.15, 0.2) is 88.4 Å². The zero-order valence-electron chi connectivity index (χ0n) is 16.4. The molecule has 0 saturated carbocycles. The molecule has 30 heavy (non-hydrogen) atoms. The fraction of sp³-hybridized carbons (Fsp3) is 0.0400. The Hall–Kier alpha value is -3.44. The second kappa shape index (κ2) is 9.37. The van der Waals surface area contributed by atoms with Crippen LogP contribution in [0.5, 0.6) is 5.75 Å². The van der Waals surface area contributed by atoms with Crippen molar-refractivity contribution in [2.24, 2.45) is 5.10 Å². The van der Waals surface area contributed by atoms with E-state index in [9.17, 15) is 0 Å². The van der Waals surface area contributed by atoms with E-state index in [1.807, 2.05) is 78.9 Å². The third-order valence-corrected chi connectivity index (χ3v) is 5.08. The summed E-state index contributed by atoms with van der Waals surface area (Å²) in [6.07, 6.45) is 5.84. The van der Waals surface area contributed by atoms with Crippen molar-refractivity contribution >= 4 is 50.9 Å². The molecule has 0 atom stereocenters. The smallest absolute Gasteiger partial charge is 0.119 e. The maximum Gasteiger partial charge on any atom is 0.119 e. The molecular formula is C25H20BrN3O. The Labute approximate surface area is 184 Å². The average Bonchev–Trinajstić information content (AvgIpc) is 2.79. The molecule has 1 heterocycles. The molecule has 3 aromatic carbocycles. The van der Waals surface area contributed by atoms with Gasteiger partial charge in [0.05, 0.1) is 30.2 Å². The van der Waals surface area contributed by atoms with Crippen LogP contribution in [0.1, 0.15) is 16.8 Å². The number of hydrazone groups is 1. The Balaban J connectivity index is 1.67. The van der Waals surface area contributed by atoms with Crippen LogP contribution in [0.2, 0.25) is 0 Å². The summed E-state index contributed by atoms with van der Waals surface area (Å²) in [5.41, 5.74) is 7.87. The Kier molecular flexibility index (Phi) is 6.20. The summed E-state index contributed by atoms with van der Waals surface area (Å²) in [6.45, 7) is 0. The Morgan fingerprint density at radius 1 is 0.900 bits per heavy atom. The maximum atomic E-state index is 5.39. The topological polar surface area (TPSA) is 46.5 Å². The predicted octanol–water partition coefficient (Wildman–Crippen LogP) is 6.62. The lowest BCUT2D eigenvalue weighted by Gasteiger charge is -2.09. The molecule has 0 fully saturated rings. The number of fused-ring (bicyclic) bond motifs is 1. The number of nitrogens with one attached hydrogen (secondary N) is 1. The van der Waals surface area contributed by atoms with Crippen LogP contribution >= 0.6 is 15.9 Å². The zero-order valence-corrected chi connectivity index (χ0v) is 18.0. The molecule has 148 valence electrons. The summed E-state index contributed by atoms with van der Waals surface area (Å²) in [7, 11) is 1.66. The quantitative estimate of drug-likeness (QED) is 0.261. The summed E-state index contributed by atoms with van der Waals surface area (Å²) >= 11 is 3.45. The van der Waals surface area contributed by atoms with Crippen molar-refractivity contribution in [3.63, 3.8) is 0 Å². The van der Waals surface area contributed by atoms with Crippen molar-refractivity contribution in [2.45, 2.75) is 0 Å². The highest BCUT2D eigenvalue weighted by atomic mass is 79.9. The molecular weight excluding hydrogens is 438 g/mol. The van der Waals surface area contributed by atoms with Gasteiger partial charge in [-0.3, -0.25) is 5.43 Å². The first-order chi connectivity index (χ1) is 14.7. The molecule has 0 radical (unpaired) electrons. The molecule has 0 unspecified atom stereocenters. The largest absolute Gasteiger partial charge is 0.497 e. The van der Waals surface area contributed by atoms with Gasteiger partial charge in [0.15, 0.2) is 0 Å². The van der Waals surface area contributed by atoms with Crippen LogP contribution in [0.25, 0.3) is 23.1 Å². The Morgan fingerprint density at radius 3 is 2.47 bits per heavy atom. The van der Waals surface area contributed by atoms with E-state index in [0.29, 0.717) is 0 Å². The van der Waals surface area contributed by atoms with Gasteiger partial charge in [0.1, 0.15) is 5.75 Å². The standard InChI is InChI=1S/C25H20BrN3O/c1-30-22-13-14-24-23(16-22)25(29-27-17-19-7-10-20(26)11-8-19)15-21(28-24)12-9-18-5-3-2-4-6-18/h2-17H,1H3,(H,28,29). The maximum absolute atomic E-state index is 5.39. The average molecular weight is 458 g/mol. The van der Waals surface area contributed by atoms with Gasteiger partial charge in [-0.25, -0.2) is 4.98 Å². The van der Waals surface area contributed by atoms with E-state index in [4.69, 9.17) is 9.72 Å². The minimum Gasteiger partial charge on any atom is -0.497 e. The van der Waals surface area contributed by atoms with Gasteiger partial charge >= 0.3 is 0 Å². The fourth-order valence-corrected chi connectivity index (χ4v) is 3.27. The van der Waals surface area contributed by atoms with Gasteiger partial charge in [0.2, 0.25) is 0 Å². The third kappa shape index (κ3) is 4.93. The van der Waals surface area contributed by atoms with Crippen LogP contribution in [0, 0.1) is 0 Å². The van der Waals surface area contributed by atoms with E-state index in [-0.39, 0.29) is 0 Å². The molecule has 4 rings (SSSR count). The van der Waals surface area contributed by atoms with Gasteiger partial charge in [-0.2, -0.15) is 5.10 Å². The molecule has 0 aliphatic carbocycles. The van der Waals surface area contributed by atoms with Crippen LogP contribution < -0.4 is 10.2 Å². The van der Waals surface area contributed by atoms with E-state index in [1.54, 1.807) is 13.3 Å². The molecule has 0 bridgehead atoms. The van der Waals surface area contributed by atoms with Crippen LogP contribution in [-0.4, -0.2) is 18.3 Å². The molecule has 1 N–H and O–H groups in total. The first kappa shape index (κ1) is 19.9. The molecule has 0 saturated heterocycles. The molecule has 4 nitrogen and oxygen atoms in total. The van der Waals surface area contributed by atoms with Crippen LogP contribution in [-0.2, 0) is 0 Å². The molecule has 1 aromatic heterocycles. The van der Waals surface area contributed by atoms with Crippen molar-refractivity contribution < 1.29 is 4.74 Å². The summed E-state index contributed by atoms with van der Waals surface area (Å²) in [5.74, 6) is 0.775. The summed E-state index contributed by atoms with van der Waals surface area (Å²) in [6, 6.07) is 25.9. The first-order valence-electron chi connectivity index (χ1n) is 9.48. The lowest BCUT2D eigenvalue weighted by molar-refractivity contribution is 0.415. The molecule has 0 aliphatic rings. The lowest BCUT2D eigenvalue weighted by Crippen LogP contribution is -1.95. The number of benzene rings is 3. The summed E-state index contributed by atoms with van der Waals surface area (Å²) in [4.78, 5) is 4.76. The number of methoxy groups -OCH3 is 1. The van der Waals surface area contributed by atoms with E-state index in [2.05, 4.69) is 38.6 Å². The fourth-order valence-electron chi connectivity index (χ4n) is 3.00. The highest BCUT2D eigenvalue weighted by Gasteiger charge is 2.06. The minimum absolute atomic E-state index is 0.775. The van der Waals surface area contributed by atoms with Crippen LogP contribution in [0.4, 0.5) is 5.69 Å². The van der Waals surface area contributed by atoms with E-state index in [0.717, 1.165) is 43.6 Å². The predicted molar refractivity (Wildman–Crippen MR) is 129 cm³/mol. The van der Waals surface area contributed by atoms with E-state index >= 15 is 0 Å². The molecule has 0 spiro atoms. The highest BCUT2D eigenvalue weighted by Crippen LogP contribution is 2.28. The second-order valence-corrected chi connectivity index (χ2v) is 7.56. The van der Waals surface area contributed by atoms with Gasteiger partial charge in [0.25, 0.3) is 0 Å². The number of rotatable bonds is 6. The molecule has 0 aliphatic heterocycles. The van der Waals surface area contributed by atoms with Gasteiger partial charge in [-0.05, 0) is 53.6 Å². The SMILES string of the molecule is COc1ccc2nc(C=Cc3ccccc3)cc(NN=Cc3ccc(Br)cc3)c2c1. The monoisotopic (exact) mass is 457 g/mol. The van der Waals surface area contributed by atoms with Gasteiger partial charge in [0, 0.05) is 9.86 Å². The van der Waals surface area contributed by atoms with E-state index < -0.39 is 0 Å². The number of pyridine rings is 1. The van der Waals surface area contributed by atoms with Crippen molar-refractivity contribution in [2.75, 3.05) is 12.5 Å². The number of ether oxygens (including phenoxy) is 1. The normalized spacial score (nSPS) is 11.4. The lowest BCUT2D eigenvalue weighted by atomic mass is 10.1. The van der Waals surface area contributed by atoms with Crippen molar-refractivity contribution in [1.82, 2.24) is 4.98 Å². The number of hydrogen-bond donors (Lipinski definition) is 1. The number of halogens is 1. The third-order valence-electron chi connectivity index (χ3n) is 4.55. The zero-order chi connectivity index (χ0) is 20.8. The van der Waals surface area contributed by atoms with Crippen LogP contribution in [0.3, 0.4) is 0 Å². The van der Waals surface area contributed by atoms with Gasteiger partial charge in [-0.15, -0.1) is 0 Å². The van der Waals surface area contributed by atoms with Gasteiger partial charge in [-0.1, -0.05) is 64.5 Å². The van der Waals surface area contributed by atoms with Gasteiger partial charge < -0.3 is 4.74 Å². The Bertz CT molecular complexity index is 1200. The molecule has 4 aromatic rings. The number of anilines is 1. The summed E-state index contributed by atoms with van der Waals surface area (Å²) < 4.78 is 6.42. The van der Waals surface area contributed by atoms with Crippen molar-refractivity contribution in [1.29, 1.82) is 0 Å². The second-order valence-electron chi connectivity index (χ2n) is 6.64. The van der Waals surface area contributed by atoms with Crippen molar-refractivity contribution in [3.8, 4) is 5.75 Å². The number of hydrogen-bond acceptors (Lipinski definition) is 4. The molecule has 0 amide bonds. The Morgan fingerprint density at radius 2 is 1.70 bits per heavy atom. The number of nitrogens with zero attached hydrogens (tertiary/aromatic N) is 2. The van der Waals surface area contributed by atoms with Crippen molar-refractivity contribution in [3.05, 3.63) is 100 Å². The highest BCUT2D eigenvalue weighted by molar-refractivity contribution is 9.10. The number of aromatic nitrogens is 1. The first-order valence-corrected chi connectivity index (χ1v) is 10.3.